The summed E-state index contributed by atoms with van der Waals surface area (Å²) < 4.78 is 1.22. The van der Waals surface area contributed by atoms with Crippen molar-refractivity contribution in [1.29, 1.82) is 0 Å². The standard InChI is InChI=1S/C11H19BrO/c1-2-3-8-11(13)9-6-4-5-7-10(9)12/h7,9,11,13H,2-6,8H2,1H3/t9-,11+/m1/s1. The van der Waals surface area contributed by atoms with Crippen LogP contribution < -0.4 is 0 Å². The van der Waals surface area contributed by atoms with Crippen molar-refractivity contribution < 1.29 is 5.11 Å². The van der Waals surface area contributed by atoms with Gasteiger partial charge in [-0.3, -0.25) is 0 Å². The molecule has 1 aliphatic carbocycles. The lowest BCUT2D eigenvalue weighted by atomic mass is 9.88. The Kier molecular flexibility index (Phi) is 5.04. The molecule has 13 heavy (non-hydrogen) atoms. The zero-order valence-electron chi connectivity index (χ0n) is 8.30. The van der Waals surface area contributed by atoms with E-state index in [1.54, 1.807) is 0 Å². The van der Waals surface area contributed by atoms with Crippen LogP contribution in [0.1, 0.15) is 45.4 Å². The van der Waals surface area contributed by atoms with Gasteiger partial charge in [0.2, 0.25) is 0 Å². The molecule has 1 aliphatic rings. The van der Waals surface area contributed by atoms with Crippen LogP contribution >= 0.6 is 15.9 Å². The minimum Gasteiger partial charge on any atom is -0.392 e. The molecule has 0 amide bonds. The molecule has 0 aromatic rings. The normalized spacial score (nSPS) is 25.5. The van der Waals surface area contributed by atoms with E-state index in [0.29, 0.717) is 5.92 Å². The van der Waals surface area contributed by atoms with Gasteiger partial charge in [0.1, 0.15) is 0 Å². The second kappa shape index (κ2) is 5.82. The highest BCUT2D eigenvalue weighted by Crippen LogP contribution is 2.33. The summed E-state index contributed by atoms with van der Waals surface area (Å²) in [5.41, 5.74) is 0. The summed E-state index contributed by atoms with van der Waals surface area (Å²) in [4.78, 5) is 0. The number of rotatable bonds is 4. The summed E-state index contributed by atoms with van der Waals surface area (Å²) in [6, 6.07) is 0. The Morgan fingerprint density at radius 3 is 3.08 bits per heavy atom. The van der Waals surface area contributed by atoms with Crippen molar-refractivity contribution in [3.8, 4) is 0 Å². The van der Waals surface area contributed by atoms with Crippen LogP contribution in [0.15, 0.2) is 10.6 Å². The van der Waals surface area contributed by atoms with Crippen molar-refractivity contribution in [2.24, 2.45) is 5.92 Å². The average molecular weight is 247 g/mol. The lowest BCUT2D eigenvalue weighted by molar-refractivity contribution is 0.109. The fourth-order valence-electron chi connectivity index (χ4n) is 1.86. The first kappa shape index (κ1) is 11.3. The van der Waals surface area contributed by atoms with E-state index in [0.717, 1.165) is 25.7 Å². The number of aliphatic hydroxyl groups is 1. The van der Waals surface area contributed by atoms with Crippen LogP contribution in [0.5, 0.6) is 0 Å². The van der Waals surface area contributed by atoms with Crippen molar-refractivity contribution in [2.75, 3.05) is 0 Å². The van der Waals surface area contributed by atoms with E-state index in [2.05, 4.69) is 28.9 Å². The molecule has 2 atom stereocenters. The molecule has 0 bridgehead atoms. The molecule has 76 valence electrons. The minimum atomic E-state index is -0.133. The van der Waals surface area contributed by atoms with Gasteiger partial charge in [-0.2, -0.15) is 0 Å². The van der Waals surface area contributed by atoms with Crippen LogP contribution in [0.4, 0.5) is 0 Å². The Hall–Kier alpha value is 0.180. The van der Waals surface area contributed by atoms with Gasteiger partial charge < -0.3 is 5.11 Å². The molecule has 0 radical (unpaired) electrons. The third kappa shape index (κ3) is 3.43. The van der Waals surface area contributed by atoms with Gasteiger partial charge in [-0.1, -0.05) is 41.8 Å². The zero-order chi connectivity index (χ0) is 9.68. The average Bonchev–Trinajstić information content (AvgIpc) is 2.15. The molecule has 0 heterocycles. The van der Waals surface area contributed by atoms with Gasteiger partial charge >= 0.3 is 0 Å². The van der Waals surface area contributed by atoms with Crippen LogP contribution in [-0.4, -0.2) is 11.2 Å². The monoisotopic (exact) mass is 246 g/mol. The van der Waals surface area contributed by atoms with E-state index in [4.69, 9.17) is 0 Å². The molecule has 1 N–H and O–H groups in total. The van der Waals surface area contributed by atoms with Gasteiger partial charge in [-0.05, 0) is 30.2 Å². The SMILES string of the molecule is CCCC[C@H](O)[C@@H]1CCCC=C1Br. The number of hydrogen-bond acceptors (Lipinski definition) is 1. The number of unbranched alkanes of at least 4 members (excludes halogenated alkanes) is 1. The van der Waals surface area contributed by atoms with Crippen LogP contribution in [0, 0.1) is 5.92 Å². The molecule has 0 saturated carbocycles. The molecule has 0 unspecified atom stereocenters. The Labute approximate surface area is 89.4 Å². The zero-order valence-corrected chi connectivity index (χ0v) is 9.89. The highest BCUT2D eigenvalue weighted by atomic mass is 79.9. The van der Waals surface area contributed by atoms with Gasteiger partial charge in [0.15, 0.2) is 0 Å². The van der Waals surface area contributed by atoms with E-state index >= 15 is 0 Å². The van der Waals surface area contributed by atoms with Crippen molar-refractivity contribution in [3.63, 3.8) is 0 Å². The molecule has 0 aromatic carbocycles. The van der Waals surface area contributed by atoms with E-state index in [-0.39, 0.29) is 6.10 Å². The maximum absolute atomic E-state index is 9.90. The van der Waals surface area contributed by atoms with E-state index in [1.807, 2.05) is 0 Å². The summed E-state index contributed by atoms with van der Waals surface area (Å²) in [5, 5.41) is 9.90. The van der Waals surface area contributed by atoms with Gasteiger partial charge in [0.25, 0.3) is 0 Å². The predicted octanol–water partition coefficient (Wildman–Crippen LogP) is 3.62. The summed E-state index contributed by atoms with van der Waals surface area (Å²) >= 11 is 3.55. The largest absolute Gasteiger partial charge is 0.392 e. The molecule has 1 rings (SSSR count). The molecule has 0 aliphatic heterocycles. The first-order valence-corrected chi connectivity index (χ1v) is 6.08. The third-order valence-electron chi connectivity index (χ3n) is 2.73. The third-order valence-corrected chi connectivity index (χ3v) is 3.64. The topological polar surface area (TPSA) is 20.2 Å². The van der Waals surface area contributed by atoms with Gasteiger partial charge in [-0.25, -0.2) is 0 Å². The molecule has 1 nitrogen and oxygen atoms in total. The van der Waals surface area contributed by atoms with Crippen LogP contribution in [0.3, 0.4) is 0 Å². The number of hydrogen-bond donors (Lipinski definition) is 1. The second-order valence-electron chi connectivity index (χ2n) is 3.84. The fourth-order valence-corrected chi connectivity index (χ4v) is 2.62. The molecular formula is C11H19BrO. The van der Waals surface area contributed by atoms with E-state index in [9.17, 15) is 5.11 Å². The minimum absolute atomic E-state index is 0.133. The highest BCUT2D eigenvalue weighted by molar-refractivity contribution is 9.11. The number of aliphatic hydroxyl groups excluding tert-OH is 1. The summed E-state index contributed by atoms with van der Waals surface area (Å²) in [6.45, 7) is 2.17. The first-order valence-electron chi connectivity index (χ1n) is 5.29. The maximum Gasteiger partial charge on any atom is 0.0613 e. The van der Waals surface area contributed by atoms with Crippen molar-refractivity contribution in [1.82, 2.24) is 0 Å². The first-order chi connectivity index (χ1) is 6.25. The van der Waals surface area contributed by atoms with Crippen LogP contribution in [0.25, 0.3) is 0 Å². The van der Waals surface area contributed by atoms with E-state index in [1.165, 1.54) is 17.3 Å². The Balaban J connectivity index is 2.40. The van der Waals surface area contributed by atoms with Gasteiger partial charge in [0, 0.05) is 5.92 Å². The lowest BCUT2D eigenvalue weighted by Gasteiger charge is -2.25. The smallest absolute Gasteiger partial charge is 0.0613 e. The molecular weight excluding hydrogens is 228 g/mol. The second-order valence-corrected chi connectivity index (χ2v) is 4.75. The molecule has 2 heteroatoms. The van der Waals surface area contributed by atoms with E-state index < -0.39 is 0 Å². The number of allylic oxidation sites excluding steroid dienone is 1. The number of halogens is 1. The summed E-state index contributed by atoms with van der Waals surface area (Å²) in [6.07, 6.45) is 8.87. The summed E-state index contributed by atoms with van der Waals surface area (Å²) in [5.74, 6) is 0.375. The van der Waals surface area contributed by atoms with Gasteiger partial charge in [0.05, 0.1) is 6.10 Å². The molecule has 0 aromatic heterocycles. The van der Waals surface area contributed by atoms with Crippen LogP contribution in [0.2, 0.25) is 0 Å². The van der Waals surface area contributed by atoms with Crippen molar-refractivity contribution in [3.05, 3.63) is 10.6 Å². The summed E-state index contributed by atoms with van der Waals surface area (Å²) in [7, 11) is 0. The molecule has 0 saturated heterocycles. The highest BCUT2D eigenvalue weighted by Gasteiger charge is 2.22. The van der Waals surface area contributed by atoms with Gasteiger partial charge in [-0.15, -0.1) is 0 Å². The van der Waals surface area contributed by atoms with Crippen molar-refractivity contribution >= 4 is 15.9 Å². The Morgan fingerprint density at radius 1 is 1.69 bits per heavy atom. The van der Waals surface area contributed by atoms with Crippen molar-refractivity contribution in [2.45, 2.75) is 51.6 Å². The fraction of sp³-hybridized carbons (Fsp3) is 0.818. The Bertz CT molecular complexity index is 177. The van der Waals surface area contributed by atoms with Crippen LogP contribution in [-0.2, 0) is 0 Å². The lowest BCUT2D eigenvalue weighted by Crippen LogP contribution is -2.22. The quantitative estimate of drug-likeness (QED) is 0.804. The molecule has 0 fully saturated rings. The maximum atomic E-state index is 9.90. The predicted molar refractivity (Wildman–Crippen MR) is 59.9 cm³/mol. The Morgan fingerprint density at radius 2 is 2.46 bits per heavy atom. The molecule has 0 spiro atoms.